The summed E-state index contributed by atoms with van der Waals surface area (Å²) in [6.07, 6.45) is 5.48. The van der Waals surface area contributed by atoms with E-state index in [0.717, 1.165) is 25.2 Å². The van der Waals surface area contributed by atoms with Gasteiger partial charge in [0.1, 0.15) is 5.82 Å². The lowest BCUT2D eigenvalue weighted by atomic mass is 9.76. The van der Waals surface area contributed by atoms with Crippen LogP contribution in [0.3, 0.4) is 0 Å². The number of hydrogen-bond acceptors (Lipinski definition) is 3. The van der Waals surface area contributed by atoms with Crippen LogP contribution in [0.2, 0.25) is 0 Å². The molecule has 3 heteroatoms. The summed E-state index contributed by atoms with van der Waals surface area (Å²) >= 11 is 0. The van der Waals surface area contributed by atoms with Gasteiger partial charge in [0.05, 0.1) is 6.54 Å². The van der Waals surface area contributed by atoms with Crippen LogP contribution in [0.1, 0.15) is 58.6 Å². The number of aryl methyl sites for hydroxylation is 1. The zero-order chi connectivity index (χ0) is 13.8. The zero-order valence-electron chi connectivity index (χ0n) is 12.7. The Labute approximate surface area is 119 Å². The molecule has 3 nitrogen and oxygen atoms in total. The Morgan fingerprint density at radius 1 is 1.26 bits per heavy atom. The Morgan fingerprint density at radius 3 is 2.47 bits per heavy atom. The predicted molar refractivity (Wildman–Crippen MR) is 83.3 cm³/mol. The fraction of sp³-hybridized carbons (Fsp3) is 0.750. The summed E-state index contributed by atoms with van der Waals surface area (Å²) in [7, 11) is 4.10. The zero-order valence-corrected chi connectivity index (χ0v) is 12.7. The van der Waals surface area contributed by atoms with Crippen LogP contribution in [0.15, 0.2) is 6.20 Å². The van der Waals surface area contributed by atoms with Crippen LogP contribution in [-0.4, -0.2) is 29.0 Å². The number of fused-ring (bicyclic) bond motifs is 1. The molecule has 0 unspecified atom stereocenters. The maximum absolute atomic E-state index is 4.67. The molecular formula is C16H31N3. The molecule has 1 aliphatic rings. The molecule has 0 aromatic carbocycles. The van der Waals surface area contributed by atoms with Crippen molar-refractivity contribution in [2.24, 2.45) is 5.41 Å². The van der Waals surface area contributed by atoms with Gasteiger partial charge in [-0.05, 0) is 44.3 Å². The number of hydrogen-bond donors (Lipinski definition) is 0. The average Bonchev–Trinajstić information content (AvgIpc) is 2.30. The fourth-order valence-corrected chi connectivity index (χ4v) is 2.27. The molecular weight excluding hydrogens is 234 g/mol. The predicted octanol–water partition coefficient (Wildman–Crippen LogP) is 3.72. The van der Waals surface area contributed by atoms with E-state index in [0.29, 0.717) is 5.41 Å². The molecule has 0 saturated carbocycles. The maximum atomic E-state index is 4.67. The van der Waals surface area contributed by atoms with E-state index in [1.165, 1.54) is 17.7 Å². The topological polar surface area (TPSA) is 29.0 Å². The molecule has 1 aromatic heterocycles. The first-order chi connectivity index (χ1) is 8.46. The SMILES string of the molecule is C.CC.CN(C)Cc1ncc2c(n1)CCC(C)(C)C2. The highest BCUT2D eigenvalue weighted by Gasteiger charge is 2.26. The van der Waals surface area contributed by atoms with Gasteiger partial charge in [-0.15, -0.1) is 0 Å². The third-order valence-corrected chi connectivity index (χ3v) is 3.17. The van der Waals surface area contributed by atoms with Crippen molar-refractivity contribution in [1.29, 1.82) is 0 Å². The molecule has 0 fully saturated rings. The van der Waals surface area contributed by atoms with Gasteiger partial charge in [-0.3, -0.25) is 0 Å². The molecule has 0 amide bonds. The summed E-state index contributed by atoms with van der Waals surface area (Å²) in [6, 6.07) is 0. The smallest absolute Gasteiger partial charge is 0.142 e. The van der Waals surface area contributed by atoms with Crippen molar-refractivity contribution in [3.05, 3.63) is 23.3 Å². The maximum Gasteiger partial charge on any atom is 0.142 e. The van der Waals surface area contributed by atoms with Crippen molar-refractivity contribution in [3.63, 3.8) is 0 Å². The van der Waals surface area contributed by atoms with E-state index < -0.39 is 0 Å². The second-order valence-electron chi connectivity index (χ2n) is 5.84. The molecule has 1 heterocycles. The van der Waals surface area contributed by atoms with Gasteiger partial charge in [-0.1, -0.05) is 35.1 Å². The summed E-state index contributed by atoms with van der Waals surface area (Å²) in [5.74, 6) is 0.948. The van der Waals surface area contributed by atoms with Crippen molar-refractivity contribution >= 4 is 0 Å². The van der Waals surface area contributed by atoms with Gasteiger partial charge in [0.15, 0.2) is 0 Å². The molecule has 0 radical (unpaired) electrons. The minimum Gasteiger partial charge on any atom is -0.302 e. The Balaban J connectivity index is 0.00000103. The normalized spacial score (nSPS) is 15.9. The third kappa shape index (κ3) is 5.27. The Kier molecular flexibility index (Phi) is 7.20. The fourth-order valence-electron chi connectivity index (χ4n) is 2.27. The van der Waals surface area contributed by atoms with E-state index in [9.17, 15) is 0 Å². The van der Waals surface area contributed by atoms with Crippen molar-refractivity contribution in [2.45, 2.75) is 60.9 Å². The number of nitrogens with zero attached hydrogens (tertiary/aromatic N) is 3. The molecule has 2 rings (SSSR count). The highest BCUT2D eigenvalue weighted by molar-refractivity contribution is 5.22. The van der Waals surface area contributed by atoms with Crippen molar-refractivity contribution < 1.29 is 0 Å². The lowest BCUT2D eigenvalue weighted by Crippen LogP contribution is -2.24. The van der Waals surface area contributed by atoms with E-state index >= 15 is 0 Å². The first kappa shape index (κ1) is 18.0. The highest BCUT2D eigenvalue weighted by atomic mass is 15.1. The van der Waals surface area contributed by atoms with Gasteiger partial charge in [-0.25, -0.2) is 9.97 Å². The van der Waals surface area contributed by atoms with Gasteiger partial charge in [0.2, 0.25) is 0 Å². The Morgan fingerprint density at radius 2 is 1.89 bits per heavy atom. The van der Waals surface area contributed by atoms with Gasteiger partial charge in [0.25, 0.3) is 0 Å². The van der Waals surface area contributed by atoms with E-state index in [1.54, 1.807) is 0 Å². The van der Waals surface area contributed by atoms with E-state index in [1.807, 2.05) is 34.1 Å². The van der Waals surface area contributed by atoms with Crippen molar-refractivity contribution in [3.8, 4) is 0 Å². The summed E-state index contributed by atoms with van der Waals surface area (Å²) in [5, 5.41) is 0. The molecule has 0 aliphatic heterocycles. The van der Waals surface area contributed by atoms with Crippen LogP contribution in [0.4, 0.5) is 0 Å². The quantitative estimate of drug-likeness (QED) is 0.816. The largest absolute Gasteiger partial charge is 0.302 e. The van der Waals surface area contributed by atoms with E-state index in [2.05, 4.69) is 28.7 Å². The van der Waals surface area contributed by atoms with Crippen LogP contribution < -0.4 is 0 Å². The van der Waals surface area contributed by atoms with Crippen molar-refractivity contribution in [1.82, 2.24) is 14.9 Å². The molecule has 1 aromatic rings. The van der Waals surface area contributed by atoms with Gasteiger partial charge < -0.3 is 4.90 Å². The Bertz CT molecular complexity index is 384. The van der Waals surface area contributed by atoms with Crippen LogP contribution in [0, 0.1) is 5.41 Å². The van der Waals surface area contributed by atoms with Crippen molar-refractivity contribution in [2.75, 3.05) is 14.1 Å². The van der Waals surface area contributed by atoms with E-state index in [-0.39, 0.29) is 7.43 Å². The number of aromatic nitrogens is 2. The van der Waals surface area contributed by atoms with Gasteiger partial charge in [0, 0.05) is 11.9 Å². The summed E-state index contributed by atoms with van der Waals surface area (Å²) in [6.45, 7) is 9.48. The second kappa shape index (κ2) is 7.59. The monoisotopic (exact) mass is 265 g/mol. The summed E-state index contributed by atoms with van der Waals surface area (Å²) in [5.41, 5.74) is 3.03. The molecule has 0 spiro atoms. The summed E-state index contributed by atoms with van der Waals surface area (Å²) < 4.78 is 0. The Hall–Kier alpha value is -0.960. The molecule has 110 valence electrons. The van der Waals surface area contributed by atoms with Gasteiger partial charge in [-0.2, -0.15) is 0 Å². The lowest BCUT2D eigenvalue weighted by molar-refractivity contribution is 0.309. The van der Waals surface area contributed by atoms with Crippen LogP contribution in [-0.2, 0) is 19.4 Å². The van der Waals surface area contributed by atoms with E-state index in [4.69, 9.17) is 0 Å². The van der Waals surface area contributed by atoms with Crippen LogP contribution >= 0.6 is 0 Å². The first-order valence-electron chi connectivity index (χ1n) is 6.95. The van der Waals surface area contributed by atoms with Crippen LogP contribution in [0.25, 0.3) is 0 Å². The molecule has 0 saturated heterocycles. The molecule has 0 atom stereocenters. The third-order valence-electron chi connectivity index (χ3n) is 3.17. The van der Waals surface area contributed by atoms with Gasteiger partial charge >= 0.3 is 0 Å². The minimum atomic E-state index is 0. The number of rotatable bonds is 2. The minimum absolute atomic E-state index is 0. The lowest BCUT2D eigenvalue weighted by Gasteiger charge is -2.30. The second-order valence-corrected chi connectivity index (χ2v) is 5.84. The molecule has 0 bridgehead atoms. The highest BCUT2D eigenvalue weighted by Crippen LogP contribution is 2.33. The standard InChI is InChI=1S/C13H21N3.C2H6.CH4/c1-13(2)6-5-11-10(7-13)8-14-12(15-11)9-16(3)4;1-2;/h8H,5-7,9H2,1-4H3;1-2H3;1H4. The molecule has 1 aliphatic carbocycles. The first-order valence-corrected chi connectivity index (χ1v) is 6.95. The molecule has 0 N–H and O–H groups in total. The van der Waals surface area contributed by atoms with Crippen LogP contribution in [0.5, 0.6) is 0 Å². The summed E-state index contributed by atoms with van der Waals surface area (Å²) in [4.78, 5) is 11.2. The average molecular weight is 265 g/mol. The molecule has 19 heavy (non-hydrogen) atoms.